The predicted octanol–water partition coefficient (Wildman–Crippen LogP) is 4.33. The van der Waals surface area contributed by atoms with E-state index in [1.54, 1.807) is 13.3 Å². The number of ether oxygens (including phenoxy) is 2. The van der Waals surface area contributed by atoms with Crippen molar-refractivity contribution in [3.05, 3.63) is 90.1 Å². The lowest BCUT2D eigenvalue weighted by Gasteiger charge is -2.34. The fraction of sp³-hybridized carbons (Fsp3) is 0.500. The number of nitrogens with zero attached hydrogens (tertiary/aromatic N) is 2. The van der Waals surface area contributed by atoms with E-state index in [-0.39, 0.29) is 31.6 Å². The Labute approximate surface area is 314 Å². The molecule has 0 radical (unpaired) electrons. The van der Waals surface area contributed by atoms with Crippen molar-refractivity contribution in [3.8, 4) is 11.3 Å². The van der Waals surface area contributed by atoms with Gasteiger partial charge in [0, 0.05) is 32.0 Å². The van der Waals surface area contributed by atoms with Crippen molar-refractivity contribution in [2.45, 2.75) is 89.6 Å². The van der Waals surface area contributed by atoms with Crippen LogP contribution >= 0.6 is 0 Å². The van der Waals surface area contributed by atoms with Gasteiger partial charge in [-0.3, -0.25) is 35.4 Å². The number of hydrazine groups is 1. The Morgan fingerprint density at radius 2 is 1.47 bits per heavy atom. The SMILES string of the molecule is CCCC[C@H](NCOOC)C(=O)N[C@@H](Cc1ccccc1)[C@H](CN(Cc1ccc(-c2ccccn2)cc1)NC(=O)[C@H](CCCC)NCC(=O)OC)OC. The zero-order valence-electron chi connectivity index (χ0n) is 31.8. The fourth-order valence-electron chi connectivity index (χ4n) is 5.87. The molecule has 13 nitrogen and oxygen atoms in total. The number of rotatable bonds is 26. The highest BCUT2D eigenvalue weighted by Crippen LogP contribution is 2.19. The number of hydrogen-bond donors (Lipinski definition) is 4. The van der Waals surface area contributed by atoms with Gasteiger partial charge in [-0.2, -0.15) is 0 Å². The number of amides is 2. The highest BCUT2D eigenvalue weighted by Gasteiger charge is 2.30. The number of hydrogen-bond acceptors (Lipinski definition) is 11. The monoisotopic (exact) mass is 734 g/mol. The van der Waals surface area contributed by atoms with Crippen LogP contribution in [0, 0.1) is 0 Å². The van der Waals surface area contributed by atoms with Crippen LogP contribution < -0.4 is 21.4 Å². The van der Waals surface area contributed by atoms with E-state index in [1.165, 1.54) is 14.2 Å². The minimum atomic E-state index is -0.636. The third-order valence-electron chi connectivity index (χ3n) is 8.89. The number of methoxy groups -OCH3 is 2. The molecule has 1 aromatic heterocycles. The van der Waals surface area contributed by atoms with E-state index in [0.29, 0.717) is 25.8 Å². The third-order valence-corrected chi connectivity index (χ3v) is 8.89. The van der Waals surface area contributed by atoms with E-state index >= 15 is 0 Å². The second-order valence-corrected chi connectivity index (χ2v) is 12.8. The third kappa shape index (κ3) is 15.7. The van der Waals surface area contributed by atoms with Gasteiger partial charge in [-0.15, -0.1) is 0 Å². The summed E-state index contributed by atoms with van der Waals surface area (Å²) in [4.78, 5) is 53.9. The summed E-state index contributed by atoms with van der Waals surface area (Å²) in [5.74, 6) is -0.926. The Morgan fingerprint density at radius 1 is 0.792 bits per heavy atom. The first kappa shape index (κ1) is 43.2. The summed E-state index contributed by atoms with van der Waals surface area (Å²) < 4.78 is 10.9. The van der Waals surface area contributed by atoms with E-state index in [0.717, 1.165) is 48.1 Å². The summed E-state index contributed by atoms with van der Waals surface area (Å²) in [5, 5.41) is 11.3. The predicted molar refractivity (Wildman–Crippen MR) is 204 cm³/mol. The highest BCUT2D eigenvalue weighted by atomic mass is 17.2. The number of carbonyl (C=O) groups is 3. The summed E-state index contributed by atoms with van der Waals surface area (Å²) >= 11 is 0. The maximum absolute atomic E-state index is 13.9. The Hall–Kier alpha value is -4.24. The van der Waals surface area contributed by atoms with Crippen molar-refractivity contribution in [2.24, 2.45) is 0 Å². The van der Waals surface area contributed by atoms with Crippen LogP contribution in [0.15, 0.2) is 79.0 Å². The number of nitrogens with one attached hydrogen (secondary N) is 4. The number of esters is 1. The molecule has 0 unspecified atom stereocenters. The van der Waals surface area contributed by atoms with Crippen LogP contribution in [-0.2, 0) is 46.6 Å². The lowest BCUT2D eigenvalue weighted by molar-refractivity contribution is -0.277. The molecule has 4 N–H and O–H groups in total. The molecule has 13 heteroatoms. The van der Waals surface area contributed by atoms with Gasteiger partial charge in [0.2, 0.25) is 5.91 Å². The minimum absolute atomic E-state index is 0.0531. The maximum atomic E-state index is 13.9. The second-order valence-electron chi connectivity index (χ2n) is 12.8. The second kappa shape index (κ2) is 24.9. The van der Waals surface area contributed by atoms with Crippen molar-refractivity contribution < 1.29 is 33.6 Å². The van der Waals surface area contributed by atoms with Gasteiger partial charge in [0.25, 0.3) is 5.91 Å². The summed E-state index contributed by atoms with van der Waals surface area (Å²) in [6.07, 6.45) is 6.28. The Bertz CT molecular complexity index is 1470. The van der Waals surface area contributed by atoms with Gasteiger partial charge in [0.1, 0.15) is 6.73 Å². The normalized spacial score (nSPS) is 13.5. The number of pyridine rings is 1. The van der Waals surface area contributed by atoms with Crippen LogP contribution in [-0.4, -0.2) is 93.2 Å². The zero-order valence-corrected chi connectivity index (χ0v) is 31.8. The standard InChI is InChI=1S/C40H58N6O7/c1-6-8-17-34(43-29-53-52-5)39(48)44-36(25-30-15-11-10-12-16-30)37(50-3)28-46(45-40(49)35(18-9-7-2)42-26-38(47)51-4)27-31-20-22-32(23-21-31)33-19-13-14-24-41-33/h10-16,19-24,34-37,42-43H,6-9,17-18,25-29H2,1-5H3,(H,44,48)(H,45,49)/t34-,35-,36-,37-/m0/s1. The lowest BCUT2D eigenvalue weighted by Crippen LogP contribution is -2.58. The van der Waals surface area contributed by atoms with E-state index in [4.69, 9.17) is 19.2 Å². The fourth-order valence-corrected chi connectivity index (χ4v) is 5.87. The van der Waals surface area contributed by atoms with E-state index in [2.05, 4.69) is 33.3 Å². The molecule has 1 heterocycles. The molecule has 2 amide bonds. The van der Waals surface area contributed by atoms with Crippen LogP contribution in [0.1, 0.15) is 63.5 Å². The van der Waals surface area contributed by atoms with Crippen LogP contribution in [0.25, 0.3) is 11.3 Å². The van der Waals surface area contributed by atoms with Gasteiger partial charge < -0.3 is 14.8 Å². The molecule has 4 atom stereocenters. The van der Waals surface area contributed by atoms with Gasteiger partial charge in [0.15, 0.2) is 0 Å². The van der Waals surface area contributed by atoms with Crippen LogP contribution in [0.3, 0.4) is 0 Å². The highest BCUT2D eigenvalue weighted by molar-refractivity contribution is 5.82. The average molecular weight is 735 g/mol. The molecule has 0 saturated carbocycles. The smallest absolute Gasteiger partial charge is 0.319 e. The molecule has 53 heavy (non-hydrogen) atoms. The minimum Gasteiger partial charge on any atom is -0.468 e. The van der Waals surface area contributed by atoms with Gasteiger partial charge in [-0.25, -0.2) is 14.8 Å². The molecular weight excluding hydrogens is 676 g/mol. The Kier molecular flexibility index (Phi) is 20.3. The maximum Gasteiger partial charge on any atom is 0.319 e. The molecule has 0 aliphatic carbocycles. The van der Waals surface area contributed by atoms with Gasteiger partial charge >= 0.3 is 5.97 Å². The van der Waals surface area contributed by atoms with Crippen LogP contribution in [0.5, 0.6) is 0 Å². The van der Waals surface area contributed by atoms with Gasteiger partial charge in [-0.05, 0) is 42.5 Å². The summed E-state index contributed by atoms with van der Waals surface area (Å²) in [6, 6.07) is 22.1. The molecule has 0 aliphatic heterocycles. The van der Waals surface area contributed by atoms with E-state index in [1.807, 2.05) is 84.7 Å². The van der Waals surface area contributed by atoms with Crippen LogP contribution in [0.2, 0.25) is 0 Å². The first-order valence-corrected chi connectivity index (χ1v) is 18.4. The molecule has 290 valence electrons. The average Bonchev–Trinajstić information content (AvgIpc) is 3.18. The molecule has 0 aliphatic rings. The number of benzene rings is 2. The quantitative estimate of drug-likeness (QED) is 0.0307. The molecule has 0 saturated heterocycles. The van der Waals surface area contributed by atoms with E-state index < -0.39 is 30.2 Å². The van der Waals surface area contributed by atoms with Crippen molar-refractivity contribution in [1.82, 2.24) is 31.4 Å². The van der Waals surface area contributed by atoms with Crippen LogP contribution in [0.4, 0.5) is 0 Å². The zero-order chi connectivity index (χ0) is 38.3. The van der Waals surface area contributed by atoms with Crippen molar-refractivity contribution in [3.63, 3.8) is 0 Å². The molecule has 0 bridgehead atoms. The molecule has 2 aromatic carbocycles. The number of unbranched alkanes of at least 4 members (excludes halogenated alkanes) is 2. The van der Waals surface area contributed by atoms with Gasteiger partial charge in [-0.1, -0.05) is 100 Å². The molecular formula is C40H58N6O7. The topological polar surface area (TPSA) is 152 Å². The molecule has 3 aromatic rings. The summed E-state index contributed by atoms with van der Waals surface area (Å²) in [7, 11) is 4.34. The first-order valence-electron chi connectivity index (χ1n) is 18.4. The Balaban J connectivity index is 1.92. The van der Waals surface area contributed by atoms with Crippen molar-refractivity contribution in [1.29, 1.82) is 0 Å². The van der Waals surface area contributed by atoms with E-state index in [9.17, 15) is 14.4 Å². The Morgan fingerprint density at radius 3 is 2.08 bits per heavy atom. The molecule has 0 fully saturated rings. The summed E-state index contributed by atoms with van der Waals surface area (Å²) in [6.45, 7) is 4.66. The van der Waals surface area contributed by atoms with Crippen molar-refractivity contribution >= 4 is 17.8 Å². The number of aromatic nitrogens is 1. The first-order chi connectivity index (χ1) is 25.8. The number of carbonyl (C=O) groups excluding carboxylic acids is 3. The summed E-state index contributed by atoms with van der Waals surface area (Å²) in [5.41, 5.74) is 6.91. The van der Waals surface area contributed by atoms with Crippen molar-refractivity contribution in [2.75, 3.05) is 41.1 Å². The largest absolute Gasteiger partial charge is 0.468 e. The van der Waals surface area contributed by atoms with Gasteiger partial charge in [0.05, 0.1) is 50.7 Å². The molecule has 0 spiro atoms. The lowest BCUT2D eigenvalue weighted by atomic mass is 9.99. The molecule has 3 rings (SSSR count).